The Bertz CT molecular complexity index is 105. The molecule has 0 aromatic rings. The van der Waals surface area contributed by atoms with Crippen molar-refractivity contribution in [1.29, 1.82) is 0 Å². The van der Waals surface area contributed by atoms with Gasteiger partial charge in [0.05, 0.1) is 6.61 Å². The van der Waals surface area contributed by atoms with Gasteiger partial charge in [0.15, 0.2) is 0 Å². The van der Waals surface area contributed by atoms with Crippen LogP contribution >= 0.6 is 0 Å². The Morgan fingerprint density at radius 2 is 1.92 bits per heavy atom. The molecule has 0 aromatic heterocycles. The van der Waals surface area contributed by atoms with Crippen molar-refractivity contribution < 1.29 is 29.6 Å². The fourth-order valence-corrected chi connectivity index (χ4v) is 0.220. The number of carbonyl (C=O) groups is 1. The van der Waals surface area contributed by atoms with Crippen molar-refractivity contribution in [3.63, 3.8) is 0 Å². The van der Waals surface area contributed by atoms with Crippen molar-refractivity contribution in [2.45, 2.75) is 6.10 Å². The molecule has 0 saturated carbocycles. The van der Waals surface area contributed by atoms with E-state index in [0.717, 1.165) is 0 Å². The van der Waals surface area contributed by atoms with E-state index < -0.39 is 18.9 Å². The van der Waals surface area contributed by atoms with Crippen LogP contribution < -0.4 is 0 Å². The van der Waals surface area contributed by atoms with Crippen LogP contribution in [-0.4, -0.2) is 108 Å². The Balaban J connectivity index is -0.000000107. The molecule has 0 aliphatic carbocycles. The Labute approximate surface area is 121 Å². The van der Waals surface area contributed by atoms with Gasteiger partial charge in [0.25, 0.3) is 0 Å². The van der Waals surface area contributed by atoms with E-state index in [-0.39, 0.29) is 78.6 Å². The predicted octanol–water partition coefficient (Wildman–Crippen LogP) is -2.38. The normalized spacial score (nSPS) is 9.50. The molecule has 0 amide bonds. The summed E-state index contributed by atoms with van der Waals surface area (Å²) in [5, 5.41) is 24.4. The molecule has 1 unspecified atom stereocenters. The summed E-state index contributed by atoms with van der Waals surface area (Å²) in [6, 6.07) is 0. The van der Waals surface area contributed by atoms with Crippen LogP contribution in [0, 0.1) is 0 Å². The summed E-state index contributed by atoms with van der Waals surface area (Å²) < 4.78 is 3.90. The molecule has 12 heavy (non-hydrogen) atoms. The molecule has 0 radical (unpaired) electrons. The van der Waals surface area contributed by atoms with Crippen molar-refractivity contribution in [2.24, 2.45) is 0 Å². The Kier molecular flexibility index (Phi) is 28.9. The fourth-order valence-electron chi connectivity index (χ4n) is 0.220. The maximum absolute atomic E-state index is 9.60. The minimum absolute atomic E-state index is 0. The fraction of sp³-hybridized carbons (Fsp3) is 0.750. The molecular weight excluding hydrogens is 210 g/mol. The van der Waals surface area contributed by atoms with Gasteiger partial charge in [-0.15, -0.1) is 0 Å². The first-order chi connectivity index (χ1) is 4.16. The third-order valence-corrected chi connectivity index (χ3v) is 0.610. The number of rotatable bonds is 3. The van der Waals surface area contributed by atoms with Crippen molar-refractivity contribution in [3.8, 4) is 0 Å². The van der Waals surface area contributed by atoms with Crippen LogP contribution in [0.4, 0.5) is 9.50 Å². The average Bonchev–Trinajstić information content (AvgIpc) is 1.83. The summed E-state index contributed by atoms with van der Waals surface area (Å²) >= 11 is 0. The van der Waals surface area contributed by atoms with Gasteiger partial charge in [-0.3, -0.25) is 4.70 Å². The van der Waals surface area contributed by atoms with Crippen LogP contribution in [0.25, 0.3) is 0 Å². The minimum atomic E-state index is -1.46. The molecule has 0 aliphatic rings. The van der Waals surface area contributed by atoms with Crippen LogP contribution in [-0.2, 0) is 4.74 Å². The maximum atomic E-state index is 9.60. The van der Waals surface area contributed by atoms with Gasteiger partial charge >= 0.3 is 73.5 Å². The Morgan fingerprint density at radius 1 is 1.50 bits per heavy atom. The molecule has 8 heteroatoms. The molecule has 0 rings (SSSR count). The van der Waals surface area contributed by atoms with Gasteiger partial charge in [0.2, 0.25) is 0 Å². The second-order valence-electron chi connectivity index (χ2n) is 1.41. The van der Waals surface area contributed by atoms with Crippen molar-refractivity contribution in [1.82, 2.24) is 0 Å². The average molecular weight is 222 g/mol. The second-order valence-corrected chi connectivity index (χ2v) is 1.41. The monoisotopic (exact) mass is 222 g/mol. The molecule has 0 spiro atoms. The first-order valence-corrected chi connectivity index (χ1v) is 2.31. The summed E-state index contributed by atoms with van der Waals surface area (Å²) in [6.07, 6.45) is -2.57. The van der Waals surface area contributed by atoms with Gasteiger partial charge in [-0.1, -0.05) is 0 Å². The zero-order valence-corrected chi connectivity index (χ0v) is 5.06. The van der Waals surface area contributed by atoms with Gasteiger partial charge < -0.3 is 20.1 Å². The van der Waals surface area contributed by atoms with E-state index in [1.54, 1.807) is 0 Å². The zero-order chi connectivity index (χ0) is 7.28. The van der Waals surface area contributed by atoms with Crippen molar-refractivity contribution in [3.05, 3.63) is 0 Å². The van der Waals surface area contributed by atoms with Gasteiger partial charge in [0, 0.05) is 0 Å². The summed E-state index contributed by atoms with van der Waals surface area (Å²) in [7, 11) is 0. The van der Waals surface area contributed by atoms with Gasteiger partial charge in [-0.2, -0.15) is 0 Å². The molecule has 0 aromatic carbocycles. The topological polar surface area (TPSA) is 87.0 Å². The molecular formula is C4H12CaFNaO5. The van der Waals surface area contributed by atoms with E-state index in [0.29, 0.717) is 0 Å². The number of ether oxygens (including phenoxy) is 1. The molecule has 3 N–H and O–H groups in total. The zero-order valence-electron chi connectivity index (χ0n) is 5.06. The van der Waals surface area contributed by atoms with E-state index in [9.17, 15) is 4.79 Å². The van der Waals surface area contributed by atoms with Crippen LogP contribution in [0.5, 0.6) is 0 Å². The molecule has 5 nitrogen and oxygen atoms in total. The molecule has 0 bridgehead atoms. The summed E-state index contributed by atoms with van der Waals surface area (Å²) in [4.78, 5) is 9.60. The number of halogens is 1. The van der Waals surface area contributed by atoms with E-state index in [4.69, 9.17) is 15.3 Å². The summed E-state index contributed by atoms with van der Waals surface area (Å²) in [6.45, 7) is -0.876. The number of aliphatic hydroxyl groups is 2. The van der Waals surface area contributed by atoms with Crippen molar-refractivity contribution >= 4 is 73.5 Å². The number of hydrogen-bond acceptors (Lipinski definition) is 4. The predicted molar refractivity (Wildman–Crippen MR) is 45.3 cm³/mol. The van der Waals surface area contributed by atoms with Crippen LogP contribution in [0.1, 0.15) is 0 Å². The molecule has 0 fully saturated rings. The Morgan fingerprint density at radius 3 is 2.17 bits per heavy atom. The van der Waals surface area contributed by atoms with Crippen LogP contribution in [0.15, 0.2) is 0 Å². The van der Waals surface area contributed by atoms with Crippen LogP contribution in [0.3, 0.4) is 0 Å². The molecule has 68 valence electrons. The Hall–Kier alpha value is 1.38. The SMILES string of the molecule is F.O=C(O)OCC(O)CO.[CaH2].[NaH]. The third kappa shape index (κ3) is 17.5. The van der Waals surface area contributed by atoms with Gasteiger partial charge in [-0.25, -0.2) is 4.79 Å². The number of carboxylic acid groups (broad SMARTS) is 1. The number of hydrogen-bond donors (Lipinski definition) is 3. The van der Waals surface area contributed by atoms with Crippen molar-refractivity contribution in [2.75, 3.05) is 13.2 Å². The summed E-state index contributed by atoms with van der Waals surface area (Å²) in [5.74, 6) is 0. The van der Waals surface area contributed by atoms with E-state index in [2.05, 4.69) is 4.74 Å². The van der Waals surface area contributed by atoms with Gasteiger partial charge in [0.1, 0.15) is 12.7 Å². The standard InChI is InChI=1S/C4H8O5.Ca.FH.Na.3H/c5-1-3(6)2-9-4(7)8;;;;;;/h3,5-6H,1-2H2,(H,7,8);;1H;;;;. The quantitative estimate of drug-likeness (QED) is 0.367. The summed E-state index contributed by atoms with van der Waals surface area (Å²) in [5.41, 5.74) is 0. The van der Waals surface area contributed by atoms with E-state index in [1.165, 1.54) is 0 Å². The van der Waals surface area contributed by atoms with E-state index in [1.807, 2.05) is 0 Å². The molecule has 0 aliphatic heterocycles. The van der Waals surface area contributed by atoms with Crippen LogP contribution in [0.2, 0.25) is 0 Å². The number of aliphatic hydroxyl groups excluding tert-OH is 2. The molecule has 0 saturated heterocycles. The molecule has 1 atom stereocenters. The third-order valence-electron chi connectivity index (χ3n) is 0.610. The van der Waals surface area contributed by atoms with E-state index >= 15 is 0 Å². The van der Waals surface area contributed by atoms with Gasteiger partial charge in [-0.05, 0) is 0 Å². The first-order valence-electron chi connectivity index (χ1n) is 2.31. The first kappa shape index (κ1) is 23.3. The molecule has 0 heterocycles. The second kappa shape index (κ2) is 14.9.